The average Bonchev–Trinajstić information content (AvgIpc) is 3.03. The summed E-state index contributed by atoms with van der Waals surface area (Å²) in [5, 5.41) is 8.05. The third-order valence-corrected chi connectivity index (χ3v) is 6.51. The number of aromatic nitrogens is 3. The molecule has 6 heteroatoms. The van der Waals surface area contributed by atoms with Crippen LogP contribution in [0.25, 0.3) is 5.69 Å². The van der Waals surface area contributed by atoms with E-state index in [0.29, 0.717) is 5.69 Å². The molecule has 0 aliphatic heterocycles. The molecule has 3 aromatic rings. The summed E-state index contributed by atoms with van der Waals surface area (Å²) in [6.45, 7) is 10.1. The van der Waals surface area contributed by atoms with Gasteiger partial charge in [0.1, 0.15) is 0 Å². The lowest BCUT2D eigenvalue weighted by molar-refractivity contribution is 0.584. The fourth-order valence-corrected chi connectivity index (χ4v) is 4.26. The first-order valence-electron chi connectivity index (χ1n) is 9.02. The van der Waals surface area contributed by atoms with Crippen LogP contribution in [0, 0.1) is 6.92 Å². The summed E-state index contributed by atoms with van der Waals surface area (Å²) >= 11 is 0. The van der Waals surface area contributed by atoms with Crippen molar-refractivity contribution in [3.05, 3.63) is 65.4 Å². The van der Waals surface area contributed by atoms with E-state index in [4.69, 9.17) is 0 Å². The van der Waals surface area contributed by atoms with Crippen LogP contribution in [0.1, 0.15) is 44.5 Å². The second-order valence-corrected chi connectivity index (χ2v) is 9.55. The van der Waals surface area contributed by atoms with Gasteiger partial charge < -0.3 is 0 Å². The lowest BCUT2D eigenvalue weighted by Crippen LogP contribution is -2.11. The van der Waals surface area contributed by atoms with Gasteiger partial charge in [0.25, 0.3) is 0 Å². The molecule has 0 unspecified atom stereocenters. The SMILES string of the molecule is CCc1ccc(-n2nnc(S(=O)(=O)c3ccc(C(C)(C)C)cc3)c2C)cc1. The van der Waals surface area contributed by atoms with Crippen LogP contribution in [0.2, 0.25) is 0 Å². The van der Waals surface area contributed by atoms with Gasteiger partial charge in [0.05, 0.1) is 16.3 Å². The van der Waals surface area contributed by atoms with E-state index in [9.17, 15) is 8.42 Å². The van der Waals surface area contributed by atoms with Crippen molar-refractivity contribution in [3.63, 3.8) is 0 Å². The third kappa shape index (κ3) is 3.67. The molecule has 3 rings (SSSR count). The highest BCUT2D eigenvalue weighted by atomic mass is 32.2. The summed E-state index contributed by atoms with van der Waals surface area (Å²) in [5.41, 5.74) is 3.55. The first-order valence-corrected chi connectivity index (χ1v) is 10.5. The Bertz CT molecular complexity index is 1040. The number of hydrogen-bond acceptors (Lipinski definition) is 4. The highest BCUT2D eigenvalue weighted by Gasteiger charge is 2.26. The number of hydrogen-bond donors (Lipinski definition) is 0. The predicted octanol–water partition coefficient (Wildman–Crippen LogP) is 4.27. The molecule has 5 nitrogen and oxygen atoms in total. The van der Waals surface area contributed by atoms with Crippen molar-refractivity contribution in [2.45, 2.75) is 56.4 Å². The van der Waals surface area contributed by atoms with Crippen LogP contribution in [0.5, 0.6) is 0 Å². The number of benzene rings is 2. The van der Waals surface area contributed by atoms with Crippen molar-refractivity contribution >= 4 is 9.84 Å². The molecule has 0 saturated heterocycles. The Balaban J connectivity index is 1.99. The maximum Gasteiger partial charge on any atom is 0.227 e. The third-order valence-electron chi connectivity index (χ3n) is 4.73. The van der Waals surface area contributed by atoms with E-state index in [2.05, 4.69) is 38.0 Å². The van der Waals surface area contributed by atoms with Gasteiger partial charge in [-0.25, -0.2) is 13.1 Å². The summed E-state index contributed by atoms with van der Waals surface area (Å²) < 4.78 is 27.7. The molecule has 2 aromatic carbocycles. The van der Waals surface area contributed by atoms with Gasteiger partial charge in [0, 0.05) is 0 Å². The van der Waals surface area contributed by atoms with Gasteiger partial charge in [-0.2, -0.15) is 0 Å². The van der Waals surface area contributed by atoms with Crippen molar-refractivity contribution in [2.24, 2.45) is 0 Å². The Labute approximate surface area is 161 Å². The monoisotopic (exact) mass is 383 g/mol. The summed E-state index contributed by atoms with van der Waals surface area (Å²) in [6, 6.07) is 14.9. The van der Waals surface area contributed by atoms with E-state index < -0.39 is 9.84 Å². The van der Waals surface area contributed by atoms with E-state index in [1.165, 1.54) is 5.56 Å². The number of sulfone groups is 1. The molecule has 0 radical (unpaired) electrons. The molecule has 0 spiro atoms. The lowest BCUT2D eigenvalue weighted by Gasteiger charge is -2.19. The van der Waals surface area contributed by atoms with Gasteiger partial charge >= 0.3 is 0 Å². The standard InChI is InChI=1S/C21H25N3O2S/c1-6-16-7-11-18(12-8-16)24-15(2)20(22-23-24)27(25,26)19-13-9-17(10-14-19)21(3,4)5/h7-14H,6H2,1-5H3. The second kappa shape index (κ2) is 6.93. The molecule has 0 fully saturated rings. The quantitative estimate of drug-likeness (QED) is 0.675. The van der Waals surface area contributed by atoms with Crippen LogP contribution >= 0.6 is 0 Å². The second-order valence-electron chi connectivity index (χ2n) is 7.69. The van der Waals surface area contributed by atoms with Gasteiger partial charge in [-0.1, -0.05) is 57.2 Å². The van der Waals surface area contributed by atoms with Crippen LogP contribution in [0.15, 0.2) is 58.5 Å². The minimum absolute atomic E-state index is 0.00873. The van der Waals surface area contributed by atoms with Crippen molar-refractivity contribution < 1.29 is 8.42 Å². The van der Waals surface area contributed by atoms with E-state index in [0.717, 1.165) is 17.7 Å². The summed E-state index contributed by atoms with van der Waals surface area (Å²) in [5.74, 6) is 0. The average molecular weight is 384 g/mol. The Morgan fingerprint density at radius 1 is 0.963 bits per heavy atom. The molecule has 27 heavy (non-hydrogen) atoms. The van der Waals surface area contributed by atoms with Crippen LogP contribution in [-0.4, -0.2) is 23.4 Å². The topological polar surface area (TPSA) is 64.8 Å². The zero-order chi connectivity index (χ0) is 19.8. The molecular weight excluding hydrogens is 358 g/mol. The fraction of sp³-hybridized carbons (Fsp3) is 0.333. The van der Waals surface area contributed by atoms with E-state index >= 15 is 0 Å². The smallest absolute Gasteiger partial charge is 0.217 e. The van der Waals surface area contributed by atoms with Gasteiger partial charge in [0.2, 0.25) is 14.9 Å². The van der Waals surface area contributed by atoms with Gasteiger partial charge in [-0.3, -0.25) is 0 Å². The van der Waals surface area contributed by atoms with Gasteiger partial charge in [-0.15, -0.1) is 5.10 Å². The van der Waals surface area contributed by atoms with E-state index in [-0.39, 0.29) is 15.3 Å². The molecule has 0 saturated carbocycles. The zero-order valence-corrected chi connectivity index (χ0v) is 17.2. The molecular formula is C21H25N3O2S. The summed E-state index contributed by atoms with van der Waals surface area (Å²) in [4.78, 5) is 0.229. The minimum Gasteiger partial charge on any atom is -0.217 e. The van der Waals surface area contributed by atoms with Crippen LogP contribution < -0.4 is 0 Å². The Morgan fingerprint density at radius 2 is 1.56 bits per heavy atom. The molecule has 0 N–H and O–H groups in total. The number of aryl methyl sites for hydroxylation is 1. The maximum atomic E-state index is 13.0. The van der Waals surface area contributed by atoms with Crippen molar-refractivity contribution in [2.75, 3.05) is 0 Å². The van der Waals surface area contributed by atoms with Crippen LogP contribution in [0.3, 0.4) is 0 Å². The Morgan fingerprint density at radius 3 is 2.07 bits per heavy atom. The normalized spacial score (nSPS) is 12.3. The number of rotatable bonds is 4. The summed E-state index contributed by atoms with van der Waals surface area (Å²) in [7, 11) is -3.73. The van der Waals surface area contributed by atoms with E-state index in [1.807, 2.05) is 36.4 Å². The molecule has 1 heterocycles. The molecule has 0 amide bonds. The molecule has 0 bridgehead atoms. The maximum absolute atomic E-state index is 13.0. The Kier molecular flexibility index (Phi) is 4.95. The van der Waals surface area contributed by atoms with Gasteiger partial charge in [0.15, 0.2) is 0 Å². The predicted molar refractivity (Wildman–Crippen MR) is 106 cm³/mol. The van der Waals surface area contributed by atoms with Gasteiger partial charge in [-0.05, 0) is 54.2 Å². The highest BCUT2D eigenvalue weighted by molar-refractivity contribution is 7.91. The lowest BCUT2D eigenvalue weighted by atomic mass is 9.87. The van der Waals surface area contributed by atoms with Crippen LogP contribution in [-0.2, 0) is 21.7 Å². The first-order chi connectivity index (χ1) is 12.6. The summed E-state index contributed by atoms with van der Waals surface area (Å²) in [6.07, 6.45) is 0.945. The van der Waals surface area contributed by atoms with Crippen molar-refractivity contribution in [1.29, 1.82) is 0 Å². The highest BCUT2D eigenvalue weighted by Crippen LogP contribution is 2.27. The van der Waals surface area contributed by atoms with Crippen LogP contribution in [0.4, 0.5) is 0 Å². The molecule has 0 aliphatic rings. The van der Waals surface area contributed by atoms with Crippen molar-refractivity contribution in [3.8, 4) is 5.69 Å². The minimum atomic E-state index is -3.73. The molecule has 0 atom stereocenters. The molecule has 1 aromatic heterocycles. The van der Waals surface area contributed by atoms with Crippen molar-refractivity contribution in [1.82, 2.24) is 15.0 Å². The largest absolute Gasteiger partial charge is 0.227 e. The Hall–Kier alpha value is -2.47. The zero-order valence-electron chi connectivity index (χ0n) is 16.4. The fourth-order valence-electron chi connectivity index (χ4n) is 2.93. The first kappa shape index (κ1) is 19.3. The van der Waals surface area contributed by atoms with E-state index in [1.54, 1.807) is 23.7 Å². The number of nitrogens with zero attached hydrogens (tertiary/aromatic N) is 3. The molecule has 0 aliphatic carbocycles. The molecule has 142 valence electrons.